The maximum atomic E-state index is 6.01. The van der Waals surface area contributed by atoms with Gasteiger partial charge in [-0.1, -0.05) is 23.7 Å². The van der Waals surface area contributed by atoms with Gasteiger partial charge in [-0.3, -0.25) is 0 Å². The van der Waals surface area contributed by atoms with Crippen molar-refractivity contribution in [3.63, 3.8) is 0 Å². The predicted octanol–water partition coefficient (Wildman–Crippen LogP) is 3.73. The van der Waals surface area contributed by atoms with Gasteiger partial charge in [-0.15, -0.1) is 11.6 Å². The van der Waals surface area contributed by atoms with Gasteiger partial charge in [0.05, 0.1) is 26.4 Å². The molecule has 0 fully saturated rings. The van der Waals surface area contributed by atoms with Crippen LogP contribution in [0.15, 0.2) is 24.3 Å². The van der Waals surface area contributed by atoms with Crippen molar-refractivity contribution in [2.75, 3.05) is 46.0 Å². The average molecular weight is 321 g/mol. The fourth-order valence-corrected chi connectivity index (χ4v) is 2.22. The van der Waals surface area contributed by atoms with E-state index in [0.29, 0.717) is 44.8 Å². The molecule has 0 aliphatic rings. The highest BCUT2D eigenvalue weighted by Crippen LogP contribution is 2.22. The van der Waals surface area contributed by atoms with Crippen LogP contribution in [-0.2, 0) is 14.2 Å². The number of hydrogen-bond donors (Lipinski definition) is 0. The van der Waals surface area contributed by atoms with Crippen molar-refractivity contribution in [1.82, 2.24) is 0 Å². The van der Waals surface area contributed by atoms with Gasteiger partial charge >= 0.3 is 0 Å². The summed E-state index contributed by atoms with van der Waals surface area (Å²) >= 11 is 11.9. The van der Waals surface area contributed by atoms with Crippen molar-refractivity contribution in [2.24, 2.45) is 0 Å². The molecule has 3 nitrogen and oxygen atoms in total. The van der Waals surface area contributed by atoms with Crippen molar-refractivity contribution in [3.8, 4) is 0 Å². The normalized spacial score (nSPS) is 12.6. The van der Waals surface area contributed by atoms with Gasteiger partial charge in [0.15, 0.2) is 0 Å². The molecule has 1 aromatic carbocycles. The fourth-order valence-electron chi connectivity index (χ4n) is 1.76. The van der Waals surface area contributed by atoms with Crippen LogP contribution in [0.4, 0.5) is 0 Å². The van der Waals surface area contributed by atoms with E-state index in [0.717, 1.165) is 11.4 Å². The Morgan fingerprint density at radius 1 is 0.950 bits per heavy atom. The van der Waals surface area contributed by atoms with Crippen LogP contribution in [0.25, 0.3) is 0 Å². The monoisotopic (exact) mass is 320 g/mol. The zero-order valence-electron chi connectivity index (χ0n) is 11.8. The number of benzene rings is 1. The highest BCUT2D eigenvalue weighted by Gasteiger charge is 2.10. The standard InChI is InChI=1S/C15H22Cl2O3/c1-18-8-9-20-11-10-19-7-6-14(12-16)13-2-4-15(17)5-3-13/h2-5,14H,6-12H2,1H3. The highest BCUT2D eigenvalue weighted by atomic mass is 35.5. The van der Waals surface area contributed by atoms with E-state index in [1.807, 2.05) is 24.3 Å². The van der Waals surface area contributed by atoms with Crippen molar-refractivity contribution >= 4 is 23.2 Å². The molecule has 0 radical (unpaired) electrons. The van der Waals surface area contributed by atoms with E-state index in [1.54, 1.807) is 7.11 Å². The van der Waals surface area contributed by atoms with Gasteiger partial charge in [-0.2, -0.15) is 0 Å². The van der Waals surface area contributed by atoms with Crippen molar-refractivity contribution in [3.05, 3.63) is 34.9 Å². The first-order chi connectivity index (χ1) is 9.77. The quantitative estimate of drug-likeness (QED) is 0.459. The second kappa shape index (κ2) is 11.4. The molecule has 0 N–H and O–H groups in total. The summed E-state index contributed by atoms with van der Waals surface area (Å²) in [5, 5.41) is 0.742. The third-order valence-electron chi connectivity index (χ3n) is 2.94. The summed E-state index contributed by atoms with van der Waals surface area (Å²) < 4.78 is 15.7. The van der Waals surface area contributed by atoms with Gasteiger partial charge < -0.3 is 14.2 Å². The number of halogens is 2. The maximum absolute atomic E-state index is 6.01. The Labute approximate surface area is 131 Å². The number of alkyl halides is 1. The molecule has 0 saturated carbocycles. The molecule has 0 heterocycles. The Kier molecular flexibility index (Phi) is 10.1. The Hall–Kier alpha value is -0.320. The molecule has 0 aliphatic carbocycles. The van der Waals surface area contributed by atoms with Crippen molar-refractivity contribution in [2.45, 2.75) is 12.3 Å². The Bertz CT molecular complexity index is 343. The molecule has 0 saturated heterocycles. The third kappa shape index (κ3) is 7.46. The molecule has 0 spiro atoms. The summed E-state index contributed by atoms with van der Waals surface area (Å²) in [6.07, 6.45) is 0.892. The third-order valence-corrected chi connectivity index (χ3v) is 3.57. The van der Waals surface area contributed by atoms with Crippen LogP contribution in [0.5, 0.6) is 0 Å². The van der Waals surface area contributed by atoms with Gasteiger partial charge in [0.1, 0.15) is 0 Å². The van der Waals surface area contributed by atoms with E-state index in [9.17, 15) is 0 Å². The van der Waals surface area contributed by atoms with E-state index in [1.165, 1.54) is 5.56 Å². The molecule has 114 valence electrons. The van der Waals surface area contributed by atoms with Crippen LogP contribution in [0.1, 0.15) is 17.9 Å². The lowest BCUT2D eigenvalue weighted by molar-refractivity contribution is 0.0235. The van der Waals surface area contributed by atoms with Crippen molar-refractivity contribution < 1.29 is 14.2 Å². The van der Waals surface area contributed by atoms with Crippen LogP contribution in [0.3, 0.4) is 0 Å². The Morgan fingerprint density at radius 2 is 1.55 bits per heavy atom. The number of hydrogen-bond acceptors (Lipinski definition) is 3. The van der Waals surface area contributed by atoms with Crippen LogP contribution in [-0.4, -0.2) is 46.0 Å². The molecule has 1 aromatic rings. The Morgan fingerprint density at radius 3 is 2.15 bits per heavy atom. The molecule has 0 aliphatic heterocycles. The smallest absolute Gasteiger partial charge is 0.0701 e. The molecule has 0 amide bonds. The summed E-state index contributed by atoms with van der Waals surface area (Å²) in [6, 6.07) is 7.81. The number of ether oxygens (including phenoxy) is 3. The van der Waals surface area contributed by atoms with Gasteiger partial charge in [0.2, 0.25) is 0 Å². The summed E-state index contributed by atoms with van der Waals surface area (Å²) in [5.74, 6) is 0.873. The van der Waals surface area contributed by atoms with E-state index in [2.05, 4.69) is 0 Å². The lowest BCUT2D eigenvalue weighted by atomic mass is 9.98. The summed E-state index contributed by atoms with van der Waals surface area (Å²) in [5.41, 5.74) is 1.20. The molecular weight excluding hydrogens is 299 g/mol. The Balaban J connectivity index is 2.14. The van der Waals surface area contributed by atoms with Crippen LogP contribution in [0, 0.1) is 0 Å². The first-order valence-electron chi connectivity index (χ1n) is 6.73. The topological polar surface area (TPSA) is 27.7 Å². The second-order valence-electron chi connectivity index (χ2n) is 4.41. The zero-order chi connectivity index (χ0) is 14.6. The van der Waals surface area contributed by atoms with E-state index in [4.69, 9.17) is 37.4 Å². The predicted molar refractivity (Wildman–Crippen MR) is 83.0 cm³/mol. The van der Waals surface area contributed by atoms with Gasteiger partial charge in [0.25, 0.3) is 0 Å². The van der Waals surface area contributed by atoms with Crippen LogP contribution >= 0.6 is 23.2 Å². The van der Waals surface area contributed by atoms with E-state index in [-0.39, 0.29) is 0 Å². The minimum atomic E-state index is 0.295. The maximum Gasteiger partial charge on any atom is 0.0701 e. The molecule has 5 heteroatoms. The highest BCUT2D eigenvalue weighted by molar-refractivity contribution is 6.30. The van der Waals surface area contributed by atoms with Crippen LogP contribution < -0.4 is 0 Å². The van der Waals surface area contributed by atoms with Crippen molar-refractivity contribution in [1.29, 1.82) is 0 Å². The first kappa shape index (κ1) is 17.7. The van der Waals surface area contributed by atoms with E-state index < -0.39 is 0 Å². The zero-order valence-corrected chi connectivity index (χ0v) is 13.3. The van der Waals surface area contributed by atoms with Gasteiger partial charge in [0, 0.05) is 24.6 Å². The molecular formula is C15H22Cl2O3. The minimum Gasteiger partial charge on any atom is -0.382 e. The molecule has 1 rings (SSSR count). The fraction of sp³-hybridized carbons (Fsp3) is 0.600. The average Bonchev–Trinajstić information content (AvgIpc) is 2.47. The first-order valence-corrected chi connectivity index (χ1v) is 7.65. The second-order valence-corrected chi connectivity index (χ2v) is 5.15. The van der Waals surface area contributed by atoms with E-state index >= 15 is 0 Å². The van der Waals surface area contributed by atoms with Gasteiger partial charge in [-0.05, 0) is 30.0 Å². The molecule has 0 aromatic heterocycles. The number of methoxy groups -OCH3 is 1. The SMILES string of the molecule is COCCOCCOCCC(CCl)c1ccc(Cl)cc1. The summed E-state index contributed by atoms with van der Waals surface area (Å²) in [6.45, 7) is 3.09. The summed E-state index contributed by atoms with van der Waals surface area (Å²) in [7, 11) is 1.66. The lowest BCUT2D eigenvalue weighted by Crippen LogP contribution is -2.11. The molecule has 20 heavy (non-hydrogen) atoms. The summed E-state index contributed by atoms with van der Waals surface area (Å²) in [4.78, 5) is 0. The minimum absolute atomic E-state index is 0.295. The number of rotatable bonds is 11. The molecule has 1 unspecified atom stereocenters. The molecule has 0 bridgehead atoms. The largest absolute Gasteiger partial charge is 0.382 e. The lowest BCUT2D eigenvalue weighted by Gasteiger charge is -2.14. The van der Waals surface area contributed by atoms with Gasteiger partial charge in [-0.25, -0.2) is 0 Å². The molecule has 1 atom stereocenters. The van der Waals surface area contributed by atoms with Crippen LogP contribution in [0.2, 0.25) is 5.02 Å².